The van der Waals surface area contributed by atoms with Crippen LogP contribution in [0.15, 0.2) is 0 Å². The van der Waals surface area contributed by atoms with Crippen LogP contribution < -0.4 is 0 Å². The summed E-state index contributed by atoms with van der Waals surface area (Å²) in [6, 6.07) is 0. The minimum absolute atomic E-state index is 0. The zero-order valence-electron chi connectivity index (χ0n) is 8.42. The lowest BCUT2D eigenvalue weighted by atomic mass is 9.94. The first-order valence-corrected chi connectivity index (χ1v) is 4.33. The molecule has 1 heterocycles. The van der Waals surface area contributed by atoms with E-state index in [-0.39, 0.29) is 23.2 Å². The predicted molar refractivity (Wildman–Crippen MR) is 48.4 cm³/mol. The van der Waals surface area contributed by atoms with Crippen LogP contribution in [0.2, 0.25) is 0 Å². The molecule has 0 aliphatic carbocycles. The van der Waals surface area contributed by atoms with Gasteiger partial charge in [0.1, 0.15) is 6.10 Å². The van der Waals surface area contributed by atoms with Crippen LogP contribution in [-0.4, -0.2) is 29.8 Å². The van der Waals surface area contributed by atoms with E-state index in [0.717, 1.165) is 19.4 Å². The molecule has 4 heteroatoms. The van der Waals surface area contributed by atoms with E-state index in [1.165, 1.54) is 6.92 Å². The lowest BCUT2D eigenvalue weighted by molar-refractivity contribution is -0.177. The molecule has 0 amide bonds. The number of ether oxygens (including phenoxy) is 2. The van der Waals surface area contributed by atoms with Crippen LogP contribution in [0.3, 0.4) is 0 Å². The summed E-state index contributed by atoms with van der Waals surface area (Å²) >= 11 is 0. The van der Waals surface area contributed by atoms with Gasteiger partial charge in [-0.2, -0.15) is 0 Å². The Kier molecular flexibility index (Phi) is 4.36. The maximum atomic E-state index is 10.7. The van der Waals surface area contributed by atoms with Crippen LogP contribution in [0.5, 0.6) is 0 Å². The highest BCUT2D eigenvalue weighted by Gasteiger charge is 2.35. The second-order valence-corrected chi connectivity index (χ2v) is 3.69. The molecule has 0 unspecified atom stereocenters. The first-order valence-electron chi connectivity index (χ1n) is 4.33. The molecule has 0 saturated carbocycles. The lowest BCUT2D eigenvalue weighted by Crippen LogP contribution is -2.45. The lowest BCUT2D eigenvalue weighted by Gasteiger charge is -2.37. The average molecular weight is 190 g/mol. The maximum Gasteiger partial charge on any atom is 0.303 e. The van der Waals surface area contributed by atoms with Crippen molar-refractivity contribution in [3.63, 3.8) is 0 Å². The SMILES string of the molecule is CC(=O)O[C@H]1CCCOC1(C)C.O. The molecule has 13 heavy (non-hydrogen) atoms. The molecule has 1 atom stereocenters. The van der Waals surface area contributed by atoms with Crippen LogP contribution >= 0.6 is 0 Å². The summed E-state index contributed by atoms with van der Waals surface area (Å²) in [4.78, 5) is 10.7. The third-order valence-electron chi connectivity index (χ3n) is 2.17. The molecule has 2 N–H and O–H groups in total. The third kappa shape index (κ3) is 3.32. The van der Waals surface area contributed by atoms with Gasteiger partial charge in [-0.1, -0.05) is 0 Å². The molecule has 1 saturated heterocycles. The first-order chi connectivity index (χ1) is 5.52. The predicted octanol–water partition coefficient (Wildman–Crippen LogP) is 0.682. The third-order valence-corrected chi connectivity index (χ3v) is 2.17. The van der Waals surface area contributed by atoms with Crippen molar-refractivity contribution in [3.05, 3.63) is 0 Å². The number of carbonyl (C=O) groups excluding carboxylic acids is 1. The maximum absolute atomic E-state index is 10.7. The first kappa shape index (κ1) is 12.4. The van der Waals surface area contributed by atoms with Crippen LogP contribution in [0, 0.1) is 0 Å². The highest BCUT2D eigenvalue weighted by atomic mass is 16.6. The molecule has 0 aromatic carbocycles. The monoisotopic (exact) mass is 190 g/mol. The summed E-state index contributed by atoms with van der Waals surface area (Å²) < 4.78 is 10.6. The van der Waals surface area contributed by atoms with Gasteiger partial charge in [-0.15, -0.1) is 0 Å². The molecular weight excluding hydrogens is 172 g/mol. The smallest absolute Gasteiger partial charge is 0.303 e. The Morgan fingerprint density at radius 1 is 1.54 bits per heavy atom. The van der Waals surface area contributed by atoms with Crippen molar-refractivity contribution < 1.29 is 19.7 Å². The van der Waals surface area contributed by atoms with E-state index >= 15 is 0 Å². The number of hydrogen-bond acceptors (Lipinski definition) is 3. The summed E-state index contributed by atoms with van der Waals surface area (Å²) in [6.07, 6.45) is 1.80. The summed E-state index contributed by atoms with van der Waals surface area (Å²) in [5.41, 5.74) is -0.316. The highest BCUT2D eigenvalue weighted by Crippen LogP contribution is 2.26. The van der Waals surface area contributed by atoms with Crippen molar-refractivity contribution in [2.75, 3.05) is 6.61 Å². The van der Waals surface area contributed by atoms with Gasteiger partial charge >= 0.3 is 5.97 Å². The van der Waals surface area contributed by atoms with Crippen molar-refractivity contribution in [3.8, 4) is 0 Å². The average Bonchev–Trinajstić information content (AvgIpc) is 1.92. The zero-order valence-corrected chi connectivity index (χ0v) is 8.42. The second-order valence-electron chi connectivity index (χ2n) is 3.69. The molecular formula is C9H18O4. The molecule has 4 nitrogen and oxygen atoms in total. The summed E-state index contributed by atoms with van der Waals surface area (Å²) in [5.74, 6) is -0.224. The topological polar surface area (TPSA) is 67.0 Å². The molecule has 0 aromatic rings. The van der Waals surface area contributed by atoms with Crippen LogP contribution in [0.25, 0.3) is 0 Å². The Labute approximate surface area is 78.5 Å². The minimum atomic E-state index is -0.316. The molecule has 0 radical (unpaired) electrons. The van der Waals surface area contributed by atoms with Crippen molar-refractivity contribution in [2.24, 2.45) is 0 Å². The fraction of sp³-hybridized carbons (Fsp3) is 0.889. The Hall–Kier alpha value is -0.610. The van der Waals surface area contributed by atoms with E-state index in [1.54, 1.807) is 0 Å². The Morgan fingerprint density at radius 2 is 2.15 bits per heavy atom. The largest absolute Gasteiger partial charge is 0.460 e. The molecule has 1 rings (SSSR count). The number of esters is 1. The van der Waals surface area contributed by atoms with E-state index in [2.05, 4.69) is 0 Å². The standard InChI is InChI=1S/C9H16O3.H2O/c1-7(10)12-8-5-4-6-11-9(8,2)3;/h8H,4-6H2,1-3H3;1H2/t8-;/m0./s1. The van der Waals surface area contributed by atoms with Gasteiger partial charge < -0.3 is 14.9 Å². The molecule has 1 aliphatic rings. The second kappa shape index (κ2) is 4.58. The summed E-state index contributed by atoms with van der Waals surface area (Å²) in [6.45, 7) is 6.12. The summed E-state index contributed by atoms with van der Waals surface area (Å²) in [7, 11) is 0. The van der Waals surface area contributed by atoms with E-state index in [4.69, 9.17) is 9.47 Å². The highest BCUT2D eigenvalue weighted by molar-refractivity contribution is 5.66. The Balaban J connectivity index is 0.00000144. The number of carbonyl (C=O) groups is 1. The molecule has 1 fully saturated rings. The molecule has 0 bridgehead atoms. The fourth-order valence-electron chi connectivity index (χ4n) is 1.45. The zero-order chi connectivity index (χ0) is 9.19. The fourth-order valence-corrected chi connectivity index (χ4v) is 1.45. The Bertz CT molecular complexity index is 176. The van der Waals surface area contributed by atoms with E-state index in [9.17, 15) is 4.79 Å². The van der Waals surface area contributed by atoms with E-state index in [0.29, 0.717) is 0 Å². The molecule has 0 spiro atoms. The van der Waals surface area contributed by atoms with Crippen molar-refractivity contribution in [1.29, 1.82) is 0 Å². The van der Waals surface area contributed by atoms with Crippen LogP contribution in [-0.2, 0) is 14.3 Å². The van der Waals surface area contributed by atoms with Gasteiger partial charge in [0.15, 0.2) is 0 Å². The van der Waals surface area contributed by atoms with Gasteiger partial charge in [-0.3, -0.25) is 4.79 Å². The van der Waals surface area contributed by atoms with Crippen molar-refractivity contribution in [1.82, 2.24) is 0 Å². The number of rotatable bonds is 1. The van der Waals surface area contributed by atoms with Crippen molar-refractivity contribution >= 4 is 5.97 Å². The molecule has 1 aliphatic heterocycles. The summed E-state index contributed by atoms with van der Waals surface area (Å²) in [5, 5.41) is 0. The van der Waals surface area contributed by atoms with E-state index in [1.807, 2.05) is 13.8 Å². The molecule has 78 valence electrons. The van der Waals surface area contributed by atoms with Gasteiger partial charge in [0.25, 0.3) is 0 Å². The van der Waals surface area contributed by atoms with Gasteiger partial charge in [0, 0.05) is 13.5 Å². The van der Waals surface area contributed by atoms with Crippen LogP contribution in [0.4, 0.5) is 0 Å². The number of hydrogen-bond donors (Lipinski definition) is 0. The van der Waals surface area contributed by atoms with Gasteiger partial charge in [0.05, 0.1) is 5.60 Å². The Morgan fingerprint density at radius 3 is 2.62 bits per heavy atom. The van der Waals surface area contributed by atoms with Crippen LogP contribution in [0.1, 0.15) is 33.6 Å². The van der Waals surface area contributed by atoms with Crippen molar-refractivity contribution in [2.45, 2.75) is 45.3 Å². The minimum Gasteiger partial charge on any atom is -0.460 e. The molecule has 0 aromatic heterocycles. The van der Waals surface area contributed by atoms with E-state index < -0.39 is 0 Å². The quantitative estimate of drug-likeness (QED) is 0.571. The van der Waals surface area contributed by atoms with Gasteiger partial charge in [-0.25, -0.2) is 0 Å². The van der Waals surface area contributed by atoms with Gasteiger partial charge in [-0.05, 0) is 26.7 Å². The normalized spacial score (nSPS) is 25.9. The van der Waals surface area contributed by atoms with Gasteiger partial charge in [0.2, 0.25) is 0 Å².